The molecule has 0 saturated heterocycles. The molecule has 3 heterocycles. The van der Waals surface area contributed by atoms with Crippen LogP contribution in [0.15, 0.2) is 24.5 Å². The van der Waals surface area contributed by atoms with Gasteiger partial charge in [-0.2, -0.15) is 0 Å². The molecule has 76 valence electrons. The van der Waals surface area contributed by atoms with Crippen molar-refractivity contribution >= 4 is 5.95 Å². The number of hydrogen-bond donors (Lipinski definition) is 1. The van der Waals surface area contributed by atoms with Gasteiger partial charge in [0.2, 0.25) is 5.95 Å². The molecule has 3 rings (SSSR count). The summed E-state index contributed by atoms with van der Waals surface area (Å²) in [4.78, 5) is 4.11. The van der Waals surface area contributed by atoms with Crippen LogP contribution in [0.1, 0.15) is 18.0 Å². The molecular formula is C9H10N6. The molecule has 6 heteroatoms. The molecule has 0 bridgehead atoms. The van der Waals surface area contributed by atoms with E-state index in [0.29, 0.717) is 0 Å². The highest BCUT2D eigenvalue weighted by Crippen LogP contribution is 2.25. The molecule has 2 aromatic rings. The monoisotopic (exact) mass is 202 g/mol. The van der Waals surface area contributed by atoms with Gasteiger partial charge in [-0.05, 0) is 28.5 Å². The van der Waals surface area contributed by atoms with Crippen LogP contribution in [0.3, 0.4) is 0 Å². The van der Waals surface area contributed by atoms with Gasteiger partial charge in [0.15, 0.2) is 0 Å². The largest absolute Gasteiger partial charge is 0.353 e. The fraction of sp³-hybridized carbons (Fsp3) is 0.333. The highest BCUT2D eigenvalue weighted by molar-refractivity contribution is 5.29. The van der Waals surface area contributed by atoms with Gasteiger partial charge in [0.25, 0.3) is 0 Å². The van der Waals surface area contributed by atoms with E-state index in [1.807, 2.05) is 12.3 Å². The third kappa shape index (κ3) is 1.34. The van der Waals surface area contributed by atoms with Gasteiger partial charge in [0.1, 0.15) is 0 Å². The Kier molecular flexibility index (Phi) is 1.84. The first-order chi connectivity index (χ1) is 7.45. The smallest absolute Gasteiger partial charge is 0.243 e. The summed E-state index contributed by atoms with van der Waals surface area (Å²) < 4.78 is 1.81. The quantitative estimate of drug-likeness (QED) is 0.728. The maximum absolute atomic E-state index is 4.11. The van der Waals surface area contributed by atoms with E-state index in [9.17, 15) is 0 Å². The average Bonchev–Trinajstić information content (AvgIpc) is 2.78. The van der Waals surface area contributed by atoms with Crippen LogP contribution in [0.2, 0.25) is 0 Å². The van der Waals surface area contributed by atoms with Crippen LogP contribution in [-0.4, -0.2) is 31.7 Å². The molecule has 15 heavy (non-hydrogen) atoms. The van der Waals surface area contributed by atoms with Gasteiger partial charge in [-0.25, -0.2) is 4.68 Å². The van der Waals surface area contributed by atoms with E-state index in [0.717, 1.165) is 24.5 Å². The molecule has 0 amide bonds. The Morgan fingerprint density at radius 2 is 2.47 bits per heavy atom. The molecule has 0 fully saturated rings. The molecule has 6 nitrogen and oxygen atoms in total. The first kappa shape index (κ1) is 8.34. The fourth-order valence-electron chi connectivity index (χ4n) is 1.84. The lowest BCUT2D eigenvalue weighted by Crippen LogP contribution is -2.24. The highest BCUT2D eigenvalue weighted by Gasteiger charge is 2.23. The zero-order valence-electron chi connectivity index (χ0n) is 8.04. The number of pyridine rings is 1. The van der Waals surface area contributed by atoms with E-state index < -0.39 is 0 Å². The Balaban J connectivity index is 2.03. The van der Waals surface area contributed by atoms with Crippen molar-refractivity contribution in [2.45, 2.75) is 12.5 Å². The van der Waals surface area contributed by atoms with Gasteiger partial charge in [-0.3, -0.25) is 4.98 Å². The molecule has 2 aromatic heterocycles. The normalized spacial score (nSPS) is 19.3. The SMILES string of the molecule is c1cncc(C2CCNc3nnnn32)c1. The maximum Gasteiger partial charge on any atom is 0.243 e. The number of nitrogens with zero attached hydrogens (tertiary/aromatic N) is 5. The topological polar surface area (TPSA) is 68.5 Å². The Bertz CT molecular complexity index is 451. The zero-order valence-corrected chi connectivity index (χ0v) is 8.04. The molecule has 0 saturated carbocycles. The molecule has 1 aliphatic rings. The lowest BCUT2D eigenvalue weighted by Gasteiger charge is -2.23. The summed E-state index contributed by atoms with van der Waals surface area (Å²) in [6.45, 7) is 0.889. The van der Waals surface area contributed by atoms with Crippen molar-refractivity contribution in [2.24, 2.45) is 0 Å². The third-order valence-electron chi connectivity index (χ3n) is 2.56. The fourth-order valence-corrected chi connectivity index (χ4v) is 1.84. The summed E-state index contributed by atoms with van der Waals surface area (Å²) in [5.74, 6) is 0.732. The Morgan fingerprint density at radius 3 is 3.33 bits per heavy atom. The number of anilines is 1. The Labute approximate surface area is 86.3 Å². The molecule has 1 unspecified atom stereocenters. The van der Waals surface area contributed by atoms with Gasteiger partial charge >= 0.3 is 0 Å². The van der Waals surface area contributed by atoms with E-state index >= 15 is 0 Å². The molecular weight excluding hydrogens is 192 g/mol. The van der Waals surface area contributed by atoms with E-state index in [1.54, 1.807) is 10.9 Å². The number of aromatic nitrogens is 5. The third-order valence-corrected chi connectivity index (χ3v) is 2.56. The van der Waals surface area contributed by atoms with Crippen LogP contribution in [0.4, 0.5) is 5.95 Å². The van der Waals surface area contributed by atoms with Gasteiger partial charge in [-0.1, -0.05) is 11.2 Å². The molecule has 1 N–H and O–H groups in total. The van der Waals surface area contributed by atoms with Crippen LogP contribution >= 0.6 is 0 Å². The molecule has 0 aliphatic carbocycles. The summed E-state index contributed by atoms with van der Waals surface area (Å²) in [7, 11) is 0. The molecule has 1 atom stereocenters. The van der Waals surface area contributed by atoms with Crippen molar-refractivity contribution in [3.8, 4) is 0 Å². The second-order valence-corrected chi connectivity index (χ2v) is 3.46. The predicted molar refractivity (Wildman–Crippen MR) is 53.3 cm³/mol. The van der Waals surface area contributed by atoms with E-state index in [2.05, 4.69) is 31.9 Å². The molecule has 1 aliphatic heterocycles. The van der Waals surface area contributed by atoms with Crippen LogP contribution in [0.5, 0.6) is 0 Å². The Hall–Kier alpha value is -1.98. The van der Waals surface area contributed by atoms with Crippen molar-refractivity contribution in [1.29, 1.82) is 0 Å². The van der Waals surface area contributed by atoms with Crippen LogP contribution in [-0.2, 0) is 0 Å². The second-order valence-electron chi connectivity index (χ2n) is 3.46. The molecule has 0 aromatic carbocycles. The summed E-state index contributed by atoms with van der Waals surface area (Å²) in [5, 5.41) is 14.7. The Morgan fingerprint density at radius 1 is 1.47 bits per heavy atom. The van der Waals surface area contributed by atoms with E-state index in [-0.39, 0.29) is 6.04 Å². The lowest BCUT2D eigenvalue weighted by atomic mass is 10.1. The van der Waals surface area contributed by atoms with Gasteiger partial charge < -0.3 is 5.32 Å². The van der Waals surface area contributed by atoms with Crippen molar-refractivity contribution in [2.75, 3.05) is 11.9 Å². The maximum atomic E-state index is 4.11. The predicted octanol–water partition coefficient (Wildman–Crippen LogP) is 0.473. The minimum Gasteiger partial charge on any atom is -0.353 e. The second kappa shape index (κ2) is 3.30. The van der Waals surface area contributed by atoms with Gasteiger partial charge in [-0.15, -0.1) is 0 Å². The zero-order chi connectivity index (χ0) is 10.1. The van der Waals surface area contributed by atoms with Crippen LogP contribution < -0.4 is 5.32 Å². The average molecular weight is 202 g/mol. The minimum atomic E-state index is 0.199. The standard InChI is InChI=1S/C9H10N6/c1-2-7(6-10-4-1)8-3-5-11-9-12-13-14-15(8)9/h1-2,4,6,8H,3,5H2,(H,11,12,14). The summed E-state index contributed by atoms with van der Waals surface area (Å²) >= 11 is 0. The molecule has 0 radical (unpaired) electrons. The van der Waals surface area contributed by atoms with Crippen molar-refractivity contribution in [1.82, 2.24) is 25.2 Å². The van der Waals surface area contributed by atoms with E-state index in [1.165, 1.54) is 0 Å². The summed E-state index contributed by atoms with van der Waals surface area (Å²) in [6.07, 6.45) is 4.61. The highest BCUT2D eigenvalue weighted by atomic mass is 15.6. The van der Waals surface area contributed by atoms with Gasteiger partial charge in [0, 0.05) is 18.9 Å². The first-order valence-electron chi connectivity index (χ1n) is 4.87. The number of tetrazole rings is 1. The summed E-state index contributed by atoms with van der Waals surface area (Å²) in [5.41, 5.74) is 1.15. The number of fused-ring (bicyclic) bond motifs is 1. The van der Waals surface area contributed by atoms with Crippen molar-refractivity contribution in [3.05, 3.63) is 30.1 Å². The van der Waals surface area contributed by atoms with Crippen LogP contribution in [0.25, 0.3) is 0 Å². The van der Waals surface area contributed by atoms with Gasteiger partial charge in [0.05, 0.1) is 6.04 Å². The van der Waals surface area contributed by atoms with Crippen molar-refractivity contribution in [3.63, 3.8) is 0 Å². The minimum absolute atomic E-state index is 0.199. The number of nitrogens with one attached hydrogen (secondary N) is 1. The first-order valence-corrected chi connectivity index (χ1v) is 4.87. The number of rotatable bonds is 1. The summed E-state index contributed by atoms with van der Waals surface area (Å²) in [6, 6.07) is 4.18. The van der Waals surface area contributed by atoms with E-state index in [4.69, 9.17) is 0 Å². The van der Waals surface area contributed by atoms with Crippen molar-refractivity contribution < 1.29 is 0 Å². The van der Waals surface area contributed by atoms with Crippen LogP contribution in [0, 0.1) is 0 Å². The number of hydrogen-bond acceptors (Lipinski definition) is 5. The lowest BCUT2D eigenvalue weighted by molar-refractivity contribution is 0.468. The molecule has 0 spiro atoms.